The van der Waals surface area contributed by atoms with Crippen molar-refractivity contribution in [2.75, 3.05) is 17.8 Å². The highest BCUT2D eigenvalue weighted by atomic mass is 32.2. The molecule has 2 aliphatic heterocycles. The van der Waals surface area contributed by atoms with Gasteiger partial charge < -0.3 is 10.1 Å². The van der Waals surface area contributed by atoms with E-state index in [9.17, 15) is 13.2 Å². The van der Waals surface area contributed by atoms with Crippen LogP contribution in [0.2, 0.25) is 0 Å². The first-order chi connectivity index (χ1) is 10.5. The molecule has 2 heterocycles. The summed E-state index contributed by atoms with van der Waals surface area (Å²) in [7, 11) is -3.58. The number of benzene rings is 1. The van der Waals surface area contributed by atoms with Gasteiger partial charge in [-0.3, -0.25) is 9.52 Å². The molecule has 7 nitrogen and oxygen atoms in total. The summed E-state index contributed by atoms with van der Waals surface area (Å²) >= 11 is 0. The summed E-state index contributed by atoms with van der Waals surface area (Å²) in [4.78, 5) is 10.9. The molecule has 1 aromatic rings. The lowest BCUT2D eigenvalue weighted by molar-refractivity contribution is -0.134. The lowest BCUT2D eigenvalue weighted by Gasteiger charge is -2.29. The number of carbonyl (C=O) groups is 1. The normalized spacial score (nSPS) is 22.5. The predicted molar refractivity (Wildman–Crippen MR) is 81.6 cm³/mol. The summed E-state index contributed by atoms with van der Waals surface area (Å²) in [5.41, 5.74) is 0.384. The Morgan fingerprint density at radius 2 is 1.86 bits per heavy atom. The van der Waals surface area contributed by atoms with Gasteiger partial charge in [0.05, 0.1) is 12.1 Å². The van der Waals surface area contributed by atoms with Gasteiger partial charge in [0.1, 0.15) is 5.75 Å². The zero-order valence-corrected chi connectivity index (χ0v) is 12.9. The first-order valence-corrected chi connectivity index (χ1v) is 8.81. The van der Waals surface area contributed by atoms with Gasteiger partial charge in [0, 0.05) is 13.1 Å². The molecule has 22 heavy (non-hydrogen) atoms. The van der Waals surface area contributed by atoms with E-state index in [1.165, 1.54) is 4.31 Å². The number of ether oxygens (including phenoxy) is 1. The zero-order chi connectivity index (χ0) is 15.6. The molecule has 1 atom stereocenters. The molecule has 2 N–H and O–H groups in total. The standard InChI is InChI=1S/C14H19N3O4S/c18-13-10-14(15-13)21-12-7-3-2-6-11(12)16-22(19,20)17-8-4-1-5-9-17/h2-3,6-7,14,16H,1,4-5,8-10H2,(H,15,18). The number of para-hydroxylation sites is 2. The summed E-state index contributed by atoms with van der Waals surface area (Å²) in [5, 5.41) is 2.60. The highest BCUT2D eigenvalue weighted by Gasteiger charge is 2.29. The summed E-state index contributed by atoms with van der Waals surface area (Å²) < 4.78 is 34.5. The fourth-order valence-corrected chi connectivity index (χ4v) is 3.83. The predicted octanol–water partition coefficient (Wildman–Crippen LogP) is 1.05. The van der Waals surface area contributed by atoms with Crippen molar-refractivity contribution in [2.24, 2.45) is 0 Å². The Balaban J connectivity index is 1.72. The average Bonchev–Trinajstić information content (AvgIpc) is 2.48. The van der Waals surface area contributed by atoms with Gasteiger partial charge in [-0.2, -0.15) is 12.7 Å². The molecule has 0 aromatic heterocycles. The molecule has 8 heteroatoms. The van der Waals surface area contributed by atoms with E-state index in [4.69, 9.17) is 4.74 Å². The minimum Gasteiger partial charge on any atom is -0.468 e. The number of anilines is 1. The second-order valence-corrected chi connectivity index (χ2v) is 7.11. The molecule has 2 saturated heterocycles. The first-order valence-electron chi connectivity index (χ1n) is 7.37. The Hall–Kier alpha value is -1.80. The van der Waals surface area contributed by atoms with Crippen molar-refractivity contribution in [3.63, 3.8) is 0 Å². The number of hydrogen-bond acceptors (Lipinski definition) is 4. The van der Waals surface area contributed by atoms with Gasteiger partial charge in [-0.25, -0.2) is 0 Å². The fraction of sp³-hybridized carbons (Fsp3) is 0.500. The lowest BCUT2D eigenvalue weighted by atomic mass is 10.2. The van der Waals surface area contributed by atoms with Crippen LogP contribution in [-0.2, 0) is 15.0 Å². The van der Waals surface area contributed by atoms with Crippen molar-refractivity contribution in [1.29, 1.82) is 0 Å². The SMILES string of the molecule is O=C1CC(Oc2ccccc2NS(=O)(=O)N2CCCCC2)N1. The summed E-state index contributed by atoms with van der Waals surface area (Å²) in [6.07, 6.45) is 2.72. The van der Waals surface area contributed by atoms with Crippen LogP contribution in [0.25, 0.3) is 0 Å². The van der Waals surface area contributed by atoms with E-state index in [1.54, 1.807) is 24.3 Å². The van der Waals surface area contributed by atoms with Gasteiger partial charge in [-0.15, -0.1) is 0 Å². The van der Waals surface area contributed by atoms with Gasteiger partial charge in [0.2, 0.25) is 5.91 Å². The molecular weight excluding hydrogens is 306 g/mol. The number of amides is 1. The summed E-state index contributed by atoms with van der Waals surface area (Å²) in [6, 6.07) is 6.82. The average molecular weight is 325 g/mol. The molecular formula is C14H19N3O4S. The third kappa shape index (κ3) is 3.33. The van der Waals surface area contributed by atoms with Crippen LogP contribution in [0, 0.1) is 0 Å². The number of rotatable bonds is 5. The van der Waals surface area contributed by atoms with E-state index < -0.39 is 16.4 Å². The lowest BCUT2D eigenvalue weighted by Crippen LogP contribution is -2.52. The van der Waals surface area contributed by atoms with Crippen LogP contribution in [0.4, 0.5) is 5.69 Å². The second kappa shape index (κ2) is 6.13. The topological polar surface area (TPSA) is 87.7 Å². The Morgan fingerprint density at radius 3 is 2.55 bits per heavy atom. The van der Waals surface area contributed by atoms with Crippen molar-refractivity contribution in [3.05, 3.63) is 24.3 Å². The monoisotopic (exact) mass is 325 g/mol. The molecule has 0 radical (unpaired) electrons. The largest absolute Gasteiger partial charge is 0.468 e. The number of nitrogens with zero attached hydrogens (tertiary/aromatic N) is 1. The zero-order valence-electron chi connectivity index (χ0n) is 12.1. The molecule has 0 aliphatic carbocycles. The van der Waals surface area contributed by atoms with Crippen LogP contribution >= 0.6 is 0 Å². The number of piperidine rings is 1. The maximum Gasteiger partial charge on any atom is 0.301 e. The molecule has 120 valence electrons. The van der Waals surface area contributed by atoms with E-state index >= 15 is 0 Å². The van der Waals surface area contributed by atoms with Crippen LogP contribution in [0.5, 0.6) is 5.75 Å². The minimum absolute atomic E-state index is 0.0728. The van der Waals surface area contributed by atoms with Gasteiger partial charge in [0.25, 0.3) is 0 Å². The highest BCUT2D eigenvalue weighted by Crippen LogP contribution is 2.28. The van der Waals surface area contributed by atoms with E-state index in [-0.39, 0.29) is 12.3 Å². The number of carbonyl (C=O) groups excluding carboxylic acids is 1. The van der Waals surface area contributed by atoms with E-state index in [2.05, 4.69) is 10.0 Å². The second-order valence-electron chi connectivity index (χ2n) is 5.44. The molecule has 0 saturated carbocycles. The molecule has 1 amide bonds. The number of hydrogen-bond donors (Lipinski definition) is 2. The third-order valence-electron chi connectivity index (χ3n) is 3.74. The van der Waals surface area contributed by atoms with Crippen LogP contribution in [0.1, 0.15) is 25.7 Å². The van der Waals surface area contributed by atoms with Crippen LogP contribution < -0.4 is 14.8 Å². The van der Waals surface area contributed by atoms with Crippen molar-refractivity contribution in [3.8, 4) is 5.75 Å². The summed E-state index contributed by atoms with van der Waals surface area (Å²) in [5.74, 6) is 0.337. The summed E-state index contributed by atoms with van der Waals surface area (Å²) in [6.45, 7) is 1.08. The maximum atomic E-state index is 12.4. The Bertz CT molecular complexity index is 648. The van der Waals surface area contributed by atoms with Gasteiger partial charge in [-0.05, 0) is 25.0 Å². The molecule has 0 bridgehead atoms. The number of β-lactam (4-membered cyclic amide) rings is 1. The van der Waals surface area contributed by atoms with E-state index in [0.29, 0.717) is 24.5 Å². The first kappa shape index (κ1) is 15.1. The van der Waals surface area contributed by atoms with Crippen molar-refractivity contribution >= 4 is 21.8 Å². The van der Waals surface area contributed by atoms with Gasteiger partial charge in [0.15, 0.2) is 6.23 Å². The maximum absolute atomic E-state index is 12.4. The van der Waals surface area contributed by atoms with Crippen molar-refractivity contribution in [2.45, 2.75) is 31.9 Å². The smallest absolute Gasteiger partial charge is 0.301 e. The Kier molecular flexibility index (Phi) is 4.21. The quantitative estimate of drug-likeness (QED) is 0.792. The van der Waals surface area contributed by atoms with Crippen molar-refractivity contribution < 1.29 is 17.9 Å². The molecule has 1 aromatic carbocycles. The van der Waals surface area contributed by atoms with Crippen LogP contribution in [0.15, 0.2) is 24.3 Å². The Labute approximate surface area is 129 Å². The molecule has 0 spiro atoms. The highest BCUT2D eigenvalue weighted by molar-refractivity contribution is 7.90. The van der Waals surface area contributed by atoms with Gasteiger partial charge >= 0.3 is 10.2 Å². The molecule has 2 fully saturated rings. The molecule has 1 unspecified atom stereocenters. The number of nitrogens with one attached hydrogen (secondary N) is 2. The molecule has 3 rings (SSSR count). The fourth-order valence-electron chi connectivity index (χ4n) is 2.51. The minimum atomic E-state index is -3.58. The Morgan fingerprint density at radius 1 is 1.18 bits per heavy atom. The van der Waals surface area contributed by atoms with E-state index in [1.807, 2.05) is 0 Å². The third-order valence-corrected chi connectivity index (χ3v) is 5.27. The van der Waals surface area contributed by atoms with Crippen LogP contribution in [0.3, 0.4) is 0 Å². The molecule has 2 aliphatic rings. The van der Waals surface area contributed by atoms with E-state index in [0.717, 1.165) is 19.3 Å². The van der Waals surface area contributed by atoms with Crippen LogP contribution in [-0.4, -0.2) is 37.9 Å². The van der Waals surface area contributed by atoms with Crippen molar-refractivity contribution in [1.82, 2.24) is 9.62 Å². The van der Waals surface area contributed by atoms with Gasteiger partial charge in [-0.1, -0.05) is 18.6 Å².